The normalized spacial score (nSPS) is 21.9. The molecule has 1 saturated carbocycles. The highest BCUT2D eigenvalue weighted by Crippen LogP contribution is 2.41. The average molecular weight is 510 g/mol. The van der Waals surface area contributed by atoms with Crippen LogP contribution in [0.5, 0.6) is 0 Å². The second kappa shape index (κ2) is 9.41. The van der Waals surface area contributed by atoms with Crippen LogP contribution in [0.25, 0.3) is 0 Å². The summed E-state index contributed by atoms with van der Waals surface area (Å²) >= 11 is 11.4. The third-order valence-corrected chi connectivity index (χ3v) is 8.14. The van der Waals surface area contributed by atoms with Gasteiger partial charge >= 0.3 is 0 Å². The van der Waals surface area contributed by atoms with E-state index in [4.69, 9.17) is 11.6 Å². The summed E-state index contributed by atoms with van der Waals surface area (Å²) in [6, 6.07) is 9.61. The van der Waals surface area contributed by atoms with Crippen LogP contribution in [-0.4, -0.2) is 35.8 Å². The second-order valence-electron chi connectivity index (χ2n) is 8.44. The summed E-state index contributed by atoms with van der Waals surface area (Å²) in [7, 11) is 0. The minimum atomic E-state index is -0.512. The lowest BCUT2D eigenvalue weighted by Gasteiger charge is -2.42. The van der Waals surface area contributed by atoms with Gasteiger partial charge in [-0.3, -0.25) is 9.59 Å². The van der Waals surface area contributed by atoms with Crippen molar-refractivity contribution in [1.82, 2.24) is 10.2 Å². The largest absolute Gasteiger partial charge is 0.344 e. The number of benzene rings is 1. The van der Waals surface area contributed by atoms with Gasteiger partial charge in [0.1, 0.15) is 6.04 Å². The molecule has 2 aliphatic rings. The predicted octanol–water partition coefficient (Wildman–Crippen LogP) is 5.33. The number of hydrogen-bond acceptors (Lipinski definition) is 3. The van der Waals surface area contributed by atoms with Gasteiger partial charge in [0.15, 0.2) is 0 Å². The van der Waals surface area contributed by atoms with Crippen molar-refractivity contribution in [3.05, 3.63) is 55.6 Å². The summed E-state index contributed by atoms with van der Waals surface area (Å²) < 4.78 is 1.03. The second-order valence-corrected chi connectivity index (χ2v) is 11.2. The minimum Gasteiger partial charge on any atom is -0.344 e. The first-order chi connectivity index (χ1) is 14.4. The Bertz CT molecular complexity index is 925. The number of halogens is 2. The van der Waals surface area contributed by atoms with Crippen LogP contribution in [0, 0.1) is 0 Å². The topological polar surface area (TPSA) is 49.4 Å². The van der Waals surface area contributed by atoms with Gasteiger partial charge in [-0.1, -0.05) is 43.0 Å². The van der Waals surface area contributed by atoms with Crippen molar-refractivity contribution in [2.45, 2.75) is 56.4 Å². The zero-order chi connectivity index (χ0) is 21.1. The Hall–Kier alpha value is -1.37. The summed E-state index contributed by atoms with van der Waals surface area (Å²) in [4.78, 5) is 27.8. The molecule has 1 aromatic heterocycles. The third kappa shape index (κ3) is 4.92. The summed E-state index contributed by atoms with van der Waals surface area (Å²) in [5.41, 5.74) is 2.18. The zero-order valence-corrected chi connectivity index (χ0v) is 20.0. The molecule has 1 aromatic carbocycles. The molecule has 1 unspecified atom stereocenters. The van der Waals surface area contributed by atoms with Gasteiger partial charge in [0.25, 0.3) is 0 Å². The van der Waals surface area contributed by atoms with Gasteiger partial charge in [-0.05, 0) is 63.5 Å². The fraction of sp³-hybridized carbons (Fsp3) is 0.478. The van der Waals surface area contributed by atoms with E-state index in [1.54, 1.807) is 11.3 Å². The quantitative estimate of drug-likeness (QED) is 0.592. The molecule has 1 atom stereocenters. The van der Waals surface area contributed by atoms with E-state index < -0.39 is 6.04 Å². The van der Waals surface area contributed by atoms with E-state index in [0.29, 0.717) is 25.9 Å². The predicted molar refractivity (Wildman–Crippen MR) is 125 cm³/mol. The number of carbonyl (C=O) groups is 2. The molecule has 160 valence electrons. The lowest BCUT2D eigenvalue weighted by atomic mass is 9.69. The fourth-order valence-corrected chi connectivity index (χ4v) is 6.24. The summed E-state index contributed by atoms with van der Waals surface area (Å²) in [5, 5.41) is 5.72. The first-order valence-corrected chi connectivity index (χ1v) is 12.6. The van der Waals surface area contributed by atoms with E-state index in [1.165, 1.54) is 12.0 Å². The molecule has 4 nitrogen and oxygen atoms in total. The lowest BCUT2D eigenvalue weighted by molar-refractivity contribution is -0.134. The number of nitrogens with zero attached hydrogens (tertiary/aromatic N) is 1. The van der Waals surface area contributed by atoms with Crippen LogP contribution in [0.2, 0.25) is 5.02 Å². The van der Waals surface area contributed by atoms with Crippen molar-refractivity contribution in [3.63, 3.8) is 0 Å². The van der Waals surface area contributed by atoms with Crippen molar-refractivity contribution in [2.75, 3.05) is 13.1 Å². The Morgan fingerprint density at radius 3 is 2.70 bits per heavy atom. The van der Waals surface area contributed by atoms with Crippen molar-refractivity contribution >= 4 is 50.7 Å². The summed E-state index contributed by atoms with van der Waals surface area (Å²) in [6.07, 6.45) is 6.48. The van der Waals surface area contributed by atoms with Crippen LogP contribution in [0.3, 0.4) is 0 Å². The molecule has 1 saturated heterocycles. The first kappa shape index (κ1) is 21.8. The van der Waals surface area contributed by atoms with Crippen LogP contribution in [0.1, 0.15) is 49.7 Å². The molecule has 1 aliphatic carbocycles. The molecule has 0 spiro atoms. The number of amides is 2. The van der Waals surface area contributed by atoms with E-state index in [2.05, 4.69) is 33.4 Å². The molecule has 0 radical (unpaired) electrons. The number of thiophene rings is 1. The molecule has 7 heteroatoms. The monoisotopic (exact) mass is 508 g/mol. The standard InChI is InChI=1S/C23H26BrClN2O2S/c24-20-12-16(14-30-20)11-19-22(29)27(10-7-21(28)26-19)15-23(8-2-1-3-9-23)17-5-4-6-18(25)13-17/h4-6,12-14,19H,1-3,7-11,15H2,(H,26,28). The smallest absolute Gasteiger partial charge is 0.245 e. The third-order valence-electron chi connectivity index (χ3n) is 6.36. The molecule has 4 rings (SSSR count). The Labute approximate surface area is 195 Å². The van der Waals surface area contributed by atoms with Crippen LogP contribution in [0.15, 0.2) is 39.5 Å². The van der Waals surface area contributed by atoms with Crippen LogP contribution in [0.4, 0.5) is 0 Å². The Morgan fingerprint density at radius 1 is 1.20 bits per heavy atom. The summed E-state index contributed by atoms with van der Waals surface area (Å²) in [6.45, 7) is 1.11. The van der Waals surface area contributed by atoms with Gasteiger partial charge in [0.05, 0.1) is 3.79 Å². The average Bonchev–Trinajstić information content (AvgIpc) is 3.10. The molecule has 2 fully saturated rings. The van der Waals surface area contributed by atoms with Crippen molar-refractivity contribution in [2.24, 2.45) is 0 Å². The Kier molecular flexibility index (Phi) is 6.85. The lowest BCUT2D eigenvalue weighted by Crippen LogP contribution is -2.50. The fourth-order valence-electron chi connectivity index (χ4n) is 4.83. The Balaban J connectivity index is 1.59. The highest BCUT2D eigenvalue weighted by atomic mass is 79.9. The van der Waals surface area contributed by atoms with Crippen LogP contribution in [-0.2, 0) is 21.4 Å². The van der Waals surface area contributed by atoms with Gasteiger partial charge in [-0.15, -0.1) is 11.3 Å². The van der Waals surface area contributed by atoms with Crippen molar-refractivity contribution in [1.29, 1.82) is 0 Å². The maximum atomic E-state index is 13.5. The van der Waals surface area contributed by atoms with E-state index >= 15 is 0 Å². The van der Waals surface area contributed by atoms with Crippen molar-refractivity contribution < 1.29 is 9.59 Å². The van der Waals surface area contributed by atoms with Gasteiger partial charge in [0, 0.05) is 36.4 Å². The van der Waals surface area contributed by atoms with Crippen LogP contribution >= 0.6 is 38.9 Å². The molecule has 0 bridgehead atoms. The van der Waals surface area contributed by atoms with Crippen molar-refractivity contribution in [3.8, 4) is 0 Å². The summed E-state index contributed by atoms with van der Waals surface area (Å²) in [5.74, 6) is -0.0271. The molecule has 1 aliphatic heterocycles. The first-order valence-electron chi connectivity index (χ1n) is 10.5. The van der Waals surface area contributed by atoms with Gasteiger partial charge in [0.2, 0.25) is 11.8 Å². The van der Waals surface area contributed by atoms with E-state index in [1.807, 2.05) is 28.5 Å². The molecular formula is C23H26BrClN2O2S. The SMILES string of the molecule is O=C1CCN(CC2(c3cccc(Cl)c3)CCCCC2)C(=O)C(Cc2csc(Br)c2)N1. The molecule has 2 heterocycles. The Morgan fingerprint density at radius 2 is 2.00 bits per heavy atom. The van der Waals surface area contributed by atoms with Crippen LogP contribution < -0.4 is 5.32 Å². The minimum absolute atomic E-state index is 0.0233. The van der Waals surface area contributed by atoms with E-state index in [0.717, 1.165) is 40.1 Å². The highest BCUT2D eigenvalue weighted by Gasteiger charge is 2.39. The molecule has 1 N–H and O–H groups in total. The highest BCUT2D eigenvalue weighted by molar-refractivity contribution is 9.11. The van der Waals surface area contributed by atoms with Gasteiger partial charge in [-0.25, -0.2) is 0 Å². The maximum absolute atomic E-state index is 13.5. The molecular weight excluding hydrogens is 484 g/mol. The number of rotatable bonds is 5. The van der Waals surface area contributed by atoms with Gasteiger partial charge < -0.3 is 10.2 Å². The molecule has 2 aromatic rings. The number of nitrogens with one attached hydrogen (secondary N) is 1. The van der Waals surface area contributed by atoms with Gasteiger partial charge in [-0.2, -0.15) is 0 Å². The zero-order valence-electron chi connectivity index (χ0n) is 16.8. The number of hydrogen-bond donors (Lipinski definition) is 1. The maximum Gasteiger partial charge on any atom is 0.245 e. The molecule has 30 heavy (non-hydrogen) atoms. The molecule has 2 amide bonds. The van der Waals surface area contributed by atoms with E-state index in [-0.39, 0.29) is 17.2 Å². The number of carbonyl (C=O) groups excluding carboxylic acids is 2. The van der Waals surface area contributed by atoms with E-state index in [9.17, 15) is 9.59 Å².